The molecule has 0 bridgehead atoms. The van der Waals surface area contributed by atoms with Gasteiger partial charge in [0.1, 0.15) is 16.5 Å². The fourth-order valence-corrected chi connectivity index (χ4v) is 2.90. The van der Waals surface area contributed by atoms with Crippen LogP contribution in [0.4, 0.5) is 0 Å². The van der Waals surface area contributed by atoms with Gasteiger partial charge in [-0.3, -0.25) is 4.79 Å². The van der Waals surface area contributed by atoms with Crippen LogP contribution in [-0.4, -0.2) is 28.4 Å². The Morgan fingerprint density at radius 1 is 1.08 bits per heavy atom. The number of nitrogens with two attached hydrogens (primary N) is 1. The molecule has 0 aromatic heterocycles. The molecule has 24 heavy (non-hydrogen) atoms. The van der Waals surface area contributed by atoms with Gasteiger partial charge in [-0.15, -0.1) is 0 Å². The molecule has 1 amide bonds. The normalized spacial score (nSPS) is 14.4. The second-order valence-electron chi connectivity index (χ2n) is 4.86. The summed E-state index contributed by atoms with van der Waals surface area (Å²) in [5.74, 6) is 5.48. The monoisotopic (exact) mass is 339 g/mol. The first-order valence-electron chi connectivity index (χ1n) is 7.07. The first-order valence-corrected chi connectivity index (χ1v) is 8.06. The maximum Gasteiger partial charge on any atom is 0.343 e. The molecule has 2 N–H and O–H groups in total. The average molecular weight is 339 g/mol. The van der Waals surface area contributed by atoms with Crippen LogP contribution in [0.25, 0.3) is 0 Å². The number of nitrogens with zero attached hydrogens (tertiary/aromatic N) is 2. The van der Waals surface area contributed by atoms with Crippen molar-refractivity contribution in [1.82, 2.24) is 0 Å². The van der Waals surface area contributed by atoms with Gasteiger partial charge in [-0.25, -0.2) is 9.79 Å². The van der Waals surface area contributed by atoms with Crippen LogP contribution in [0.1, 0.15) is 15.9 Å². The fraction of sp³-hybridized carbons (Fsp3) is 0.0588. The zero-order valence-electron chi connectivity index (χ0n) is 12.5. The smallest absolute Gasteiger partial charge is 0.343 e. The topological polar surface area (TPSA) is 94.1 Å². The van der Waals surface area contributed by atoms with E-state index in [4.69, 9.17) is 10.6 Å². The third-order valence-electron chi connectivity index (χ3n) is 3.24. The first kappa shape index (κ1) is 15.9. The van der Waals surface area contributed by atoms with E-state index in [0.29, 0.717) is 33.4 Å². The Kier molecular flexibility index (Phi) is 4.72. The van der Waals surface area contributed by atoms with Gasteiger partial charge in [0.05, 0.1) is 11.3 Å². The molecule has 0 saturated heterocycles. The summed E-state index contributed by atoms with van der Waals surface area (Å²) < 4.78 is 5.31. The molecule has 0 aliphatic carbocycles. The Hall–Kier alpha value is -2.93. The van der Waals surface area contributed by atoms with Gasteiger partial charge >= 0.3 is 5.97 Å². The molecular formula is C17H13N3O3S. The Morgan fingerprint density at radius 3 is 2.38 bits per heavy atom. The highest BCUT2D eigenvalue weighted by molar-refractivity contribution is 8.16. The number of carbonyl (C=O) groups is 2. The minimum Gasteiger partial charge on any atom is -0.423 e. The maximum absolute atomic E-state index is 12.0. The highest BCUT2D eigenvalue weighted by Gasteiger charge is 2.21. The van der Waals surface area contributed by atoms with E-state index < -0.39 is 5.97 Å². The number of thioether (sulfide) groups is 1. The van der Waals surface area contributed by atoms with Crippen LogP contribution in [0.2, 0.25) is 0 Å². The molecule has 0 fully saturated rings. The number of hydrazone groups is 1. The molecule has 120 valence electrons. The van der Waals surface area contributed by atoms with E-state index in [9.17, 15) is 9.59 Å². The van der Waals surface area contributed by atoms with Gasteiger partial charge in [-0.05, 0) is 36.4 Å². The molecule has 1 aliphatic heterocycles. The van der Waals surface area contributed by atoms with Crippen LogP contribution in [-0.2, 0) is 4.79 Å². The minimum absolute atomic E-state index is 0.204. The average Bonchev–Trinajstić information content (AvgIpc) is 3.04. The first-order chi connectivity index (χ1) is 11.7. The Bertz CT molecular complexity index is 830. The lowest BCUT2D eigenvalue weighted by Crippen LogP contribution is -2.13. The molecule has 0 saturated carbocycles. The number of esters is 1. The Morgan fingerprint density at radius 2 is 1.79 bits per heavy atom. The number of rotatable bonds is 4. The molecule has 7 heteroatoms. The van der Waals surface area contributed by atoms with E-state index in [2.05, 4.69) is 10.1 Å². The van der Waals surface area contributed by atoms with Crippen molar-refractivity contribution < 1.29 is 14.3 Å². The molecule has 2 aromatic rings. The summed E-state index contributed by atoms with van der Waals surface area (Å²) >= 11 is 1.29. The van der Waals surface area contributed by atoms with Gasteiger partial charge in [0.2, 0.25) is 0 Å². The molecule has 0 spiro atoms. The van der Waals surface area contributed by atoms with Crippen LogP contribution in [0.5, 0.6) is 5.75 Å². The number of hydrogen-bond donors (Lipinski definition) is 1. The summed E-state index contributed by atoms with van der Waals surface area (Å²) in [5.41, 5.74) is 1.60. The van der Waals surface area contributed by atoms with Crippen LogP contribution in [0.15, 0.2) is 64.7 Å². The lowest BCUT2D eigenvalue weighted by atomic mass is 10.1. The highest BCUT2D eigenvalue weighted by Crippen LogP contribution is 2.20. The third kappa shape index (κ3) is 3.52. The van der Waals surface area contributed by atoms with Crippen LogP contribution in [0.3, 0.4) is 0 Å². The lowest BCUT2D eigenvalue weighted by Gasteiger charge is -2.07. The van der Waals surface area contributed by atoms with Crippen molar-refractivity contribution in [2.24, 2.45) is 15.9 Å². The molecular weight excluding hydrogens is 326 g/mol. The van der Waals surface area contributed by atoms with E-state index in [1.165, 1.54) is 11.8 Å². The van der Waals surface area contributed by atoms with Crippen molar-refractivity contribution in [3.8, 4) is 5.75 Å². The number of carbonyl (C=O) groups excluding carboxylic acids is 2. The largest absolute Gasteiger partial charge is 0.423 e. The highest BCUT2D eigenvalue weighted by atomic mass is 32.2. The predicted octanol–water partition coefficient (Wildman–Crippen LogP) is 2.24. The van der Waals surface area contributed by atoms with Crippen LogP contribution < -0.4 is 10.6 Å². The lowest BCUT2D eigenvalue weighted by molar-refractivity contribution is -0.115. The van der Waals surface area contributed by atoms with Crippen molar-refractivity contribution >= 4 is 34.4 Å². The standard InChI is InChI=1S/C17H13N3O3S/c18-20-15(16-19-14(21)10-24-16)11-6-8-13(9-7-11)23-17(22)12-4-2-1-3-5-12/h1-9H,10,18H2/b20-15+. The van der Waals surface area contributed by atoms with E-state index >= 15 is 0 Å². The molecule has 0 unspecified atom stereocenters. The zero-order chi connectivity index (χ0) is 16.9. The Balaban J connectivity index is 1.75. The zero-order valence-corrected chi connectivity index (χ0v) is 13.3. The minimum atomic E-state index is -0.433. The quantitative estimate of drug-likeness (QED) is 0.303. The summed E-state index contributed by atoms with van der Waals surface area (Å²) in [4.78, 5) is 27.2. The summed E-state index contributed by atoms with van der Waals surface area (Å²) in [7, 11) is 0. The molecule has 3 rings (SSSR count). The van der Waals surface area contributed by atoms with E-state index in [0.717, 1.165) is 0 Å². The number of aliphatic imine (C=N–C) groups is 1. The van der Waals surface area contributed by atoms with Gasteiger partial charge in [0, 0.05) is 5.56 Å². The van der Waals surface area contributed by atoms with E-state index in [1.54, 1.807) is 48.5 Å². The van der Waals surface area contributed by atoms with Crippen molar-refractivity contribution in [3.05, 3.63) is 65.7 Å². The summed E-state index contributed by atoms with van der Waals surface area (Å²) in [6.07, 6.45) is 0. The molecule has 1 heterocycles. The Labute approximate surface area is 142 Å². The van der Waals surface area contributed by atoms with Gasteiger partial charge in [-0.2, -0.15) is 5.10 Å². The van der Waals surface area contributed by atoms with Gasteiger partial charge in [0.25, 0.3) is 5.91 Å². The number of ether oxygens (including phenoxy) is 1. The van der Waals surface area contributed by atoms with E-state index in [-0.39, 0.29) is 5.91 Å². The molecule has 2 aromatic carbocycles. The maximum atomic E-state index is 12.0. The van der Waals surface area contributed by atoms with Gasteiger partial charge in [-0.1, -0.05) is 30.0 Å². The van der Waals surface area contributed by atoms with Gasteiger partial charge in [0.15, 0.2) is 0 Å². The van der Waals surface area contributed by atoms with Crippen LogP contribution >= 0.6 is 11.8 Å². The number of hydrogen-bond acceptors (Lipinski definition) is 6. The van der Waals surface area contributed by atoms with E-state index in [1.807, 2.05) is 6.07 Å². The number of benzene rings is 2. The van der Waals surface area contributed by atoms with Crippen molar-refractivity contribution in [3.63, 3.8) is 0 Å². The molecule has 0 radical (unpaired) electrons. The third-order valence-corrected chi connectivity index (χ3v) is 4.19. The summed E-state index contributed by atoms with van der Waals surface area (Å²) in [5, 5.41) is 4.21. The molecule has 6 nitrogen and oxygen atoms in total. The van der Waals surface area contributed by atoms with Gasteiger partial charge < -0.3 is 10.6 Å². The molecule has 0 atom stereocenters. The summed E-state index contributed by atoms with van der Waals surface area (Å²) in [6, 6.07) is 15.4. The summed E-state index contributed by atoms with van der Waals surface area (Å²) in [6.45, 7) is 0. The number of amides is 1. The SMILES string of the molecule is N/N=C(/C1=NC(=O)CS1)c1ccc(OC(=O)c2ccccc2)cc1. The second-order valence-corrected chi connectivity index (χ2v) is 5.82. The van der Waals surface area contributed by atoms with Crippen LogP contribution in [0, 0.1) is 0 Å². The molecule has 1 aliphatic rings. The predicted molar refractivity (Wildman–Crippen MR) is 93.5 cm³/mol. The fourth-order valence-electron chi connectivity index (χ4n) is 2.10. The second kappa shape index (κ2) is 7.10. The van der Waals surface area contributed by atoms with Crippen molar-refractivity contribution in [1.29, 1.82) is 0 Å². The van der Waals surface area contributed by atoms with Crippen molar-refractivity contribution in [2.75, 3.05) is 5.75 Å². The van der Waals surface area contributed by atoms with Crippen molar-refractivity contribution in [2.45, 2.75) is 0 Å².